The van der Waals surface area contributed by atoms with E-state index in [1.807, 2.05) is 6.20 Å². The van der Waals surface area contributed by atoms with E-state index in [9.17, 15) is 0 Å². The molecule has 2 atom stereocenters. The molecule has 1 saturated carbocycles. The van der Waals surface area contributed by atoms with E-state index in [4.69, 9.17) is 0 Å². The highest BCUT2D eigenvalue weighted by molar-refractivity contribution is 9.09. The zero-order valence-electron chi connectivity index (χ0n) is 7.91. The number of nitrogens with zero attached hydrogens (tertiary/aromatic N) is 2. The Morgan fingerprint density at radius 3 is 3.08 bits per heavy atom. The fraction of sp³-hybridized carbons (Fsp3) is 0.700. The van der Waals surface area contributed by atoms with E-state index in [-0.39, 0.29) is 0 Å². The number of hydrogen-bond donors (Lipinski definition) is 0. The summed E-state index contributed by atoms with van der Waals surface area (Å²) in [6, 6.07) is 2.17. The molecule has 0 amide bonds. The van der Waals surface area contributed by atoms with Crippen LogP contribution in [0.3, 0.4) is 0 Å². The summed E-state index contributed by atoms with van der Waals surface area (Å²) in [5, 5.41) is 4.31. The molecule has 1 aromatic rings. The van der Waals surface area contributed by atoms with Crippen LogP contribution in [0.25, 0.3) is 0 Å². The molecule has 0 saturated heterocycles. The van der Waals surface area contributed by atoms with Gasteiger partial charge in [0.1, 0.15) is 0 Å². The lowest BCUT2D eigenvalue weighted by Gasteiger charge is -2.10. The van der Waals surface area contributed by atoms with E-state index in [2.05, 4.69) is 38.7 Å². The third-order valence-corrected chi connectivity index (χ3v) is 3.67. The Kier molecular flexibility index (Phi) is 2.72. The quantitative estimate of drug-likeness (QED) is 0.730. The van der Waals surface area contributed by atoms with Gasteiger partial charge in [0.2, 0.25) is 0 Å². The van der Waals surface area contributed by atoms with E-state index < -0.39 is 0 Å². The van der Waals surface area contributed by atoms with Crippen molar-refractivity contribution in [1.82, 2.24) is 9.78 Å². The molecule has 0 radical (unpaired) electrons. The van der Waals surface area contributed by atoms with Gasteiger partial charge in [-0.2, -0.15) is 5.10 Å². The van der Waals surface area contributed by atoms with Gasteiger partial charge in [-0.15, -0.1) is 0 Å². The van der Waals surface area contributed by atoms with Gasteiger partial charge in [-0.25, -0.2) is 0 Å². The van der Waals surface area contributed by atoms with Crippen LogP contribution in [0, 0.1) is 0 Å². The fourth-order valence-electron chi connectivity index (χ4n) is 2.15. The van der Waals surface area contributed by atoms with Crippen molar-refractivity contribution in [2.75, 3.05) is 0 Å². The average Bonchev–Trinajstić information content (AvgIpc) is 2.71. The molecule has 13 heavy (non-hydrogen) atoms. The molecule has 3 heteroatoms. The Hall–Kier alpha value is -0.310. The summed E-state index contributed by atoms with van der Waals surface area (Å²) >= 11 is 3.68. The Balaban J connectivity index is 2.16. The molecular formula is C10H15BrN2. The lowest BCUT2D eigenvalue weighted by Crippen LogP contribution is -2.06. The van der Waals surface area contributed by atoms with Gasteiger partial charge >= 0.3 is 0 Å². The van der Waals surface area contributed by atoms with Gasteiger partial charge in [-0.1, -0.05) is 15.9 Å². The van der Waals surface area contributed by atoms with Gasteiger partial charge in [0.15, 0.2) is 0 Å². The first-order chi connectivity index (χ1) is 6.31. The summed E-state index contributed by atoms with van der Waals surface area (Å²) in [5.74, 6) is 0.729. The second-order valence-corrected chi connectivity index (χ2v) is 4.97. The lowest BCUT2D eigenvalue weighted by molar-refractivity contribution is 0.569. The molecule has 1 aromatic heterocycles. The molecule has 1 fully saturated rings. The summed E-state index contributed by atoms with van der Waals surface area (Å²) in [6.07, 6.45) is 5.80. The minimum absolute atomic E-state index is 0.720. The Labute approximate surface area is 87.5 Å². The zero-order chi connectivity index (χ0) is 9.26. The highest BCUT2D eigenvalue weighted by Crippen LogP contribution is 2.37. The van der Waals surface area contributed by atoms with Crippen LogP contribution < -0.4 is 0 Å². The number of aryl methyl sites for hydroxylation is 1. The summed E-state index contributed by atoms with van der Waals surface area (Å²) in [5.41, 5.74) is 1.42. The highest BCUT2D eigenvalue weighted by atomic mass is 79.9. The largest absolute Gasteiger partial charge is 0.270 e. The van der Waals surface area contributed by atoms with Crippen LogP contribution in [0.1, 0.15) is 37.8 Å². The van der Waals surface area contributed by atoms with E-state index in [0.29, 0.717) is 0 Å². The Morgan fingerprint density at radius 2 is 2.46 bits per heavy atom. The first-order valence-electron chi connectivity index (χ1n) is 4.97. The van der Waals surface area contributed by atoms with Gasteiger partial charge < -0.3 is 0 Å². The molecule has 2 rings (SSSR count). The lowest BCUT2D eigenvalue weighted by atomic mass is 10.0. The molecule has 72 valence electrons. The number of hydrogen-bond acceptors (Lipinski definition) is 1. The maximum Gasteiger partial charge on any atom is 0.0492 e. The third kappa shape index (κ3) is 1.80. The van der Waals surface area contributed by atoms with Gasteiger partial charge in [0.05, 0.1) is 0 Å². The van der Waals surface area contributed by atoms with Crippen LogP contribution in [0.2, 0.25) is 0 Å². The fourth-order valence-corrected chi connectivity index (χ4v) is 2.86. The predicted octanol–water partition coefficient (Wildman–Crippen LogP) is 2.93. The topological polar surface area (TPSA) is 17.8 Å². The third-order valence-electron chi connectivity index (χ3n) is 2.84. The molecule has 2 unspecified atom stereocenters. The van der Waals surface area contributed by atoms with Crippen molar-refractivity contribution in [3.8, 4) is 0 Å². The second kappa shape index (κ2) is 3.82. The highest BCUT2D eigenvalue weighted by Gasteiger charge is 2.25. The van der Waals surface area contributed by atoms with Crippen LogP contribution in [-0.4, -0.2) is 14.6 Å². The van der Waals surface area contributed by atoms with Crippen LogP contribution >= 0.6 is 15.9 Å². The first-order valence-corrected chi connectivity index (χ1v) is 5.88. The van der Waals surface area contributed by atoms with Crippen LogP contribution in [0.4, 0.5) is 0 Å². The smallest absolute Gasteiger partial charge is 0.0492 e. The van der Waals surface area contributed by atoms with E-state index in [0.717, 1.165) is 17.3 Å². The second-order valence-electron chi connectivity index (χ2n) is 3.68. The van der Waals surface area contributed by atoms with E-state index in [1.54, 1.807) is 0 Å². The van der Waals surface area contributed by atoms with E-state index >= 15 is 0 Å². The minimum atomic E-state index is 0.720. The van der Waals surface area contributed by atoms with Crippen LogP contribution in [0.5, 0.6) is 0 Å². The molecule has 0 aliphatic heterocycles. The Morgan fingerprint density at radius 1 is 1.62 bits per heavy atom. The van der Waals surface area contributed by atoms with Gasteiger partial charge in [0.25, 0.3) is 0 Å². The van der Waals surface area contributed by atoms with Crippen molar-refractivity contribution in [2.45, 2.75) is 43.5 Å². The summed E-state index contributed by atoms with van der Waals surface area (Å²) in [6.45, 7) is 3.14. The normalized spacial score (nSPS) is 28.2. The monoisotopic (exact) mass is 242 g/mol. The molecule has 0 N–H and O–H groups in total. The van der Waals surface area contributed by atoms with E-state index in [1.165, 1.54) is 25.0 Å². The number of alkyl halides is 1. The van der Waals surface area contributed by atoms with Crippen molar-refractivity contribution in [1.29, 1.82) is 0 Å². The number of halogens is 1. The van der Waals surface area contributed by atoms with Crippen molar-refractivity contribution < 1.29 is 0 Å². The van der Waals surface area contributed by atoms with Crippen LogP contribution in [0.15, 0.2) is 12.3 Å². The molecule has 1 heterocycles. The summed E-state index contributed by atoms with van der Waals surface area (Å²) < 4.78 is 2.12. The molecule has 0 aromatic carbocycles. The maximum atomic E-state index is 4.31. The minimum Gasteiger partial charge on any atom is -0.270 e. The molecule has 0 spiro atoms. The zero-order valence-corrected chi connectivity index (χ0v) is 9.50. The van der Waals surface area contributed by atoms with Gasteiger partial charge in [-0.05, 0) is 32.3 Å². The average molecular weight is 243 g/mol. The molecule has 2 nitrogen and oxygen atoms in total. The molecule has 0 bridgehead atoms. The van der Waals surface area contributed by atoms with Crippen molar-refractivity contribution >= 4 is 15.9 Å². The van der Waals surface area contributed by atoms with Crippen LogP contribution in [-0.2, 0) is 6.54 Å². The van der Waals surface area contributed by atoms with Gasteiger partial charge in [0, 0.05) is 29.2 Å². The molecular weight excluding hydrogens is 228 g/mol. The predicted molar refractivity (Wildman–Crippen MR) is 57.2 cm³/mol. The van der Waals surface area contributed by atoms with Crippen molar-refractivity contribution in [3.63, 3.8) is 0 Å². The molecule has 1 aliphatic rings. The van der Waals surface area contributed by atoms with Gasteiger partial charge in [-0.3, -0.25) is 4.68 Å². The van der Waals surface area contributed by atoms with Crippen molar-refractivity contribution in [2.24, 2.45) is 0 Å². The Bertz CT molecular complexity index is 282. The first kappa shape index (κ1) is 9.25. The maximum absolute atomic E-state index is 4.31. The summed E-state index contributed by atoms with van der Waals surface area (Å²) in [7, 11) is 0. The SMILES string of the molecule is CCn1nccc1C1CCC(Br)C1. The van der Waals surface area contributed by atoms with Crippen molar-refractivity contribution in [3.05, 3.63) is 18.0 Å². The summed E-state index contributed by atoms with van der Waals surface area (Å²) in [4.78, 5) is 0.720. The molecule has 1 aliphatic carbocycles. The number of aromatic nitrogens is 2. The number of rotatable bonds is 2. The standard InChI is InChI=1S/C10H15BrN2/c1-2-13-10(5-6-12-13)8-3-4-9(11)7-8/h5-6,8-9H,2-4,7H2,1H3.